The number of hydrogen-bond donors (Lipinski definition) is 1. The molecular weight excluding hydrogens is 316 g/mol. The monoisotopic (exact) mass is 348 g/mol. The van der Waals surface area contributed by atoms with Crippen LogP contribution < -0.4 is 0 Å². The molecule has 1 atom stereocenters. The third-order valence-electron chi connectivity index (χ3n) is 6.11. The van der Waals surface area contributed by atoms with Crippen molar-refractivity contribution in [2.24, 2.45) is 0 Å². The molecule has 0 aromatic heterocycles. The summed E-state index contributed by atoms with van der Waals surface area (Å²) in [6.07, 6.45) is 4.30. The molecule has 3 rings (SSSR count). The smallest absolute Gasteiger partial charge is 0.0761 e. The van der Waals surface area contributed by atoms with E-state index < -0.39 is 6.10 Å². The van der Waals surface area contributed by atoms with Gasteiger partial charge < -0.3 is 5.11 Å². The molecule has 0 amide bonds. The molecule has 0 fully saturated rings. The van der Waals surface area contributed by atoms with Crippen LogP contribution in [0.3, 0.4) is 0 Å². The quantitative estimate of drug-likeness (QED) is 0.616. The van der Waals surface area contributed by atoms with Crippen molar-refractivity contribution in [3.8, 4) is 0 Å². The van der Waals surface area contributed by atoms with E-state index in [-0.39, 0.29) is 10.8 Å². The molecule has 1 unspecified atom stereocenters. The van der Waals surface area contributed by atoms with Gasteiger partial charge in [0, 0.05) is 0 Å². The van der Waals surface area contributed by atoms with Crippen molar-refractivity contribution in [1.29, 1.82) is 0 Å². The lowest BCUT2D eigenvalue weighted by Gasteiger charge is -2.42. The van der Waals surface area contributed by atoms with Crippen molar-refractivity contribution in [2.45, 2.75) is 71.3 Å². The zero-order chi connectivity index (χ0) is 19.1. The maximum absolute atomic E-state index is 9.66. The van der Waals surface area contributed by atoms with Gasteiger partial charge in [0.25, 0.3) is 0 Å². The second-order valence-electron chi connectivity index (χ2n) is 9.20. The van der Waals surface area contributed by atoms with E-state index in [1.807, 2.05) is 12.1 Å². The highest BCUT2D eigenvalue weighted by atomic mass is 16.3. The molecule has 1 nitrogen and oxygen atoms in total. The molecule has 1 aliphatic rings. The zero-order valence-electron chi connectivity index (χ0n) is 17.1. The first-order valence-corrected chi connectivity index (χ1v) is 9.72. The largest absolute Gasteiger partial charge is 0.389 e. The van der Waals surface area contributed by atoms with Crippen molar-refractivity contribution in [2.75, 3.05) is 0 Å². The molecule has 26 heavy (non-hydrogen) atoms. The van der Waals surface area contributed by atoms with Crippen molar-refractivity contribution < 1.29 is 5.11 Å². The predicted molar refractivity (Wildman–Crippen MR) is 112 cm³/mol. The van der Waals surface area contributed by atoms with Crippen molar-refractivity contribution in [1.82, 2.24) is 0 Å². The minimum absolute atomic E-state index is 0.236. The summed E-state index contributed by atoms with van der Waals surface area (Å²) < 4.78 is 0. The molecule has 0 saturated carbocycles. The maximum atomic E-state index is 9.66. The van der Waals surface area contributed by atoms with Crippen LogP contribution in [-0.4, -0.2) is 5.11 Å². The van der Waals surface area contributed by atoms with Crippen LogP contribution in [0.15, 0.2) is 42.5 Å². The van der Waals surface area contributed by atoms with Gasteiger partial charge >= 0.3 is 0 Å². The topological polar surface area (TPSA) is 20.2 Å². The summed E-state index contributed by atoms with van der Waals surface area (Å²) in [7, 11) is 0. The molecular formula is C25H32O. The van der Waals surface area contributed by atoms with E-state index in [0.29, 0.717) is 0 Å². The van der Waals surface area contributed by atoms with E-state index in [9.17, 15) is 5.11 Å². The zero-order valence-corrected chi connectivity index (χ0v) is 17.1. The number of hydrogen-bond acceptors (Lipinski definition) is 1. The third-order valence-corrected chi connectivity index (χ3v) is 6.11. The molecule has 2 aromatic rings. The molecule has 1 aliphatic carbocycles. The SMILES string of the molecule is CC(=Cc1ccc(C(C)O)cc1)c1ccc2c(c1)C(C)(C)CCC2(C)C. The van der Waals surface area contributed by atoms with Gasteiger partial charge in [0.15, 0.2) is 0 Å². The molecule has 1 heteroatoms. The Balaban J connectivity index is 1.97. The lowest BCUT2D eigenvalue weighted by Crippen LogP contribution is -2.33. The first-order valence-electron chi connectivity index (χ1n) is 9.72. The Bertz CT molecular complexity index is 820. The summed E-state index contributed by atoms with van der Waals surface area (Å²) in [5, 5.41) is 9.66. The standard InChI is InChI=1S/C25H32O/c1-17(15-19-7-9-20(10-8-19)18(2)26)21-11-12-22-23(16-21)25(5,6)14-13-24(22,3)4/h7-12,15-16,18,26H,13-14H2,1-6H3. The summed E-state index contributed by atoms with van der Waals surface area (Å²) in [4.78, 5) is 0. The van der Waals surface area contributed by atoms with Crippen molar-refractivity contribution in [3.05, 3.63) is 70.3 Å². The minimum Gasteiger partial charge on any atom is -0.389 e. The average molecular weight is 349 g/mol. The van der Waals surface area contributed by atoms with Crippen molar-refractivity contribution in [3.63, 3.8) is 0 Å². The molecule has 0 heterocycles. The van der Waals surface area contributed by atoms with E-state index in [0.717, 1.165) is 5.56 Å². The fourth-order valence-electron chi connectivity index (χ4n) is 4.04. The Kier molecular flexibility index (Phi) is 4.88. The van der Waals surface area contributed by atoms with Crippen LogP contribution in [0.1, 0.15) is 88.3 Å². The highest BCUT2D eigenvalue weighted by Gasteiger charge is 2.36. The van der Waals surface area contributed by atoms with E-state index in [1.165, 1.54) is 40.7 Å². The Morgan fingerprint density at radius 1 is 0.923 bits per heavy atom. The Labute approximate surface area is 158 Å². The maximum Gasteiger partial charge on any atom is 0.0761 e. The molecule has 0 aliphatic heterocycles. The summed E-state index contributed by atoms with van der Waals surface area (Å²) >= 11 is 0. The van der Waals surface area contributed by atoms with Gasteiger partial charge in [-0.1, -0.05) is 76.2 Å². The van der Waals surface area contributed by atoms with Crippen LogP contribution in [0.25, 0.3) is 11.6 Å². The van der Waals surface area contributed by atoms with Crippen molar-refractivity contribution >= 4 is 11.6 Å². The number of aliphatic hydroxyl groups excluding tert-OH is 1. The van der Waals surface area contributed by atoms with Crippen LogP contribution in [0.4, 0.5) is 0 Å². The molecule has 1 N–H and O–H groups in total. The average Bonchev–Trinajstić information content (AvgIpc) is 2.59. The Morgan fingerprint density at radius 2 is 1.50 bits per heavy atom. The van der Waals surface area contributed by atoms with Gasteiger partial charge in [0.1, 0.15) is 0 Å². The normalized spacial score (nSPS) is 19.7. The first kappa shape index (κ1) is 18.9. The molecule has 0 spiro atoms. The highest BCUT2D eigenvalue weighted by Crippen LogP contribution is 2.46. The van der Waals surface area contributed by atoms with Gasteiger partial charge in [-0.05, 0) is 70.9 Å². The van der Waals surface area contributed by atoms with Gasteiger partial charge in [-0.2, -0.15) is 0 Å². The molecule has 0 bridgehead atoms. The second-order valence-corrected chi connectivity index (χ2v) is 9.20. The van der Waals surface area contributed by atoms with E-state index in [2.05, 4.69) is 71.0 Å². The van der Waals surface area contributed by atoms with Crippen LogP contribution in [0.2, 0.25) is 0 Å². The predicted octanol–water partition coefficient (Wildman–Crippen LogP) is 6.65. The van der Waals surface area contributed by atoms with Crippen LogP contribution in [0.5, 0.6) is 0 Å². The lowest BCUT2D eigenvalue weighted by atomic mass is 9.63. The molecule has 138 valence electrons. The number of fused-ring (bicyclic) bond motifs is 1. The molecule has 0 radical (unpaired) electrons. The number of rotatable bonds is 3. The third kappa shape index (κ3) is 3.64. The minimum atomic E-state index is -0.416. The summed E-state index contributed by atoms with van der Waals surface area (Å²) in [5.41, 5.74) is 8.21. The van der Waals surface area contributed by atoms with E-state index >= 15 is 0 Å². The molecule has 0 saturated heterocycles. The summed E-state index contributed by atoms with van der Waals surface area (Å²) in [6.45, 7) is 13.5. The lowest BCUT2D eigenvalue weighted by molar-refractivity contribution is 0.199. The van der Waals surface area contributed by atoms with Crippen LogP contribution >= 0.6 is 0 Å². The number of allylic oxidation sites excluding steroid dienone is 1. The Hall–Kier alpha value is -1.86. The first-order chi connectivity index (χ1) is 12.1. The second kappa shape index (κ2) is 6.70. The van der Waals surface area contributed by atoms with E-state index in [1.54, 1.807) is 6.92 Å². The van der Waals surface area contributed by atoms with Gasteiger partial charge in [-0.15, -0.1) is 0 Å². The number of aliphatic hydroxyl groups is 1. The van der Waals surface area contributed by atoms with Crippen LogP contribution in [-0.2, 0) is 10.8 Å². The summed E-state index contributed by atoms with van der Waals surface area (Å²) in [5.74, 6) is 0. The van der Waals surface area contributed by atoms with E-state index in [4.69, 9.17) is 0 Å². The highest BCUT2D eigenvalue weighted by molar-refractivity contribution is 5.80. The fraction of sp³-hybridized carbons (Fsp3) is 0.440. The van der Waals surface area contributed by atoms with Gasteiger partial charge in [-0.25, -0.2) is 0 Å². The molecule has 2 aromatic carbocycles. The Morgan fingerprint density at radius 3 is 2.08 bits per heavy atom. The van der Waals surface area contributed by atoms with Gasteiger partial charge in [-0.3, -0.25) is 0 Å². The number of benzene rings is 2. The van der Waals surface area contributed by atoms with Crippen LogP contribution in [0, 0.1) is 0 Å². The van der Waals surface area contributed by atoms with Gasteiger partial charge in [0.2, 0.25) is 0 Å². The van der Waals surface area contributed by atoms with Gasteiger partial charge in [0.05, 0.1) is 6.10 Å². The fourth-order valence-corrected chi connectivity index (χ4v) is 4.04. The summed E-state index contributed by atoms with van der Waals surface area (Å²) in [6, 6.07) is 15.2.